The van der Waals surface area contributed by atoms with Crippen LogP contribution in [0.15, 0.2) is 65.9 Å². The summed E-state index contributed by atoms with van der Waals surface area (Å²) in [5.74, 6) is -1.03. The van der Waals surface area contributed by atoms with Gasteiger partial charge in [-0.3, -0.25) is 4.79 Å². The Morgan fingerprint density at radius 2 is 1.76 bits per heavy atom. The molecular weight excluding hydrogens is 370 g/mol. The van der Waals surface area contributed by atoms with Gasteiger partial charge >= 0.3 is 12.0 Å². The van der Waals surface area contributed by atoms with Gasteiger partial charge in [0, 0.05) is 11.3 Å². The van der Waals surface area contributed by atoms with E-state index < -0.39 is 17.5 Å². The summed E-state index contributed by atoms with van der Waals surface area (Å²) < 4.78 is 5.23. The number of fused-ring (bicyclic) bond motifs is 2. The third kappa shape index (κ3) is 2.86. The van der Waals surface area contributed by atoms with Gasteiger partial charge in [0.15, 0.2) is 5.54 Å². The van der Waals surface area contributed by atoms with Crippen molar-refractivity contribution in [2.75, 3.05) is 11.5 Å². The average Bonchev–Trinajstić information content (AvgIpc) is 2.92. The van der Waals surface area contributed by atoms with Gasteiger partial charge in [0.1, 0.15) is 0 Å². The number of nitrogens with one attached hydrogen (secondary N) is 2. The van der Waals surface area contributed by atoms with E-state index in [1.54, 1.807) is 30.9 Å². The third-order valence-corrected chi connectivity index (χ3v) is 5.18. The number of esters is 1. The summed E-state index contributed by atoms with van der Waals surface area (Å²) in [5, 5.41) is 5.33. The number of hydrogen-bond acceptors (Lipinski definition) is 4. The number of para-hydroxylation sites is 1. The molecular formula is C22H21N3O4. The molecule has 2 heterocycles. The van der Waals surface area contributed by atoms with Crippen LogP contribution < -0.4 is 15.5 Å². The monoisotopic (exact) mass is 391 g/mol. The SMILES string of the molecule is CCOC(=O)C1=C(C)NC(=O)N[C@]12C(=O)N(Cc1ccccc1)c1ccccc12. The molecule has 0 aromatic heterocycles. The van der Waals surface area contributed by atoms with Gasteiger partial charge in [0.05, 0.1) is 24.4 Å². The molecule has 2 aromatic rings. The van der Waals surface area contributed by atoms with E-state index in [4.69, 9.17) is 4.74 Å². The van der Waals surface area contributed by atoms with Crippen LogP contribution in [0.3, 0.4) is 0 Å². The number of hydrogen-bond donors (Lipinski definition) is 2. The molecule has 2 aromatic carbocycles. The first-order valence-corrected chi connectivity index (χ1v) is 9.42. The van der Waals surface area contributed by atoms with Gasteiger partial charge in [-0.2, -0.15) is 0 Å². The molecule has 0 unspecified atom stereocenters. The van der Waals surface area contributed by atoms with E-state index in [0.29, 0.717) is 23.5 Å². The molecule has 1 atom stereocenters. The van der Waals surface area contributed by atoms with Gasteiger partial charge < -0.3 is 20.3 Å². The lowest BCUT2D eigenvalue weighted by molar-refractivity contribution is -0.141. The van der Waals surface area contributed by atoms with Crippen LogP contribution in [-0.4, -0.2) is 24.5 Å². The summed E-state index contributed by atoms with van der Waals surface area (Å²) in [6, 6.07) is 16.2. The van der Waals surface area contributed by atoms with Crippen LogP contribution in [0.25, 0.3) is 0 Å². The van der Waals surface area contributed by atoms with Crippen molar-refractivity contribution in [1.82, 2.24) is 10.6 Å². The number of benzene rings is 2. The number of amides is 3. The molecule has 0 fully saturated rings. The molecule has 1 spiro atoms. The Kier molecular flexibility index (Phi) is 4.58. The highest BCUT2D eigenvalue weighted by Crippen LogP contribution is 2.47. The highest BCUT2D eigenvalue weighted by molar-refractivity contribution is 6.17. The first-order chi connectivity index (χ1) is 14.0. The molecule has 0 bridgehead atoms. The summed E-state index contributed by atoms with van der Waals surface area (Å²) in [4.78, 5) is 40.7. The van der Waals surface area contributed by atoms with Crippen LogP contribution >= 0.6 is 0 Å². The zero-order chi connectivity index (χ0) is 20.6. The van der Waals surface area contributed by atoms with Crippen LogP contribution in [0.1, 0.15) is 25.0 Å². The van der Waals surface area contributed by atoms with Gasteiger partial charge in [-0.1, -0.05) is 48.5 Å². The molecule has 0 radical (unpaired) electrons. The minimum atomic E-state index is -1.62. The maximum absolute atomic E-state index is 13.8. The van der Waals surface area contributed by atoms with E-state index in [9.17, 15) is 14.4 Å². The predicted octanol–water partition coefficient (Wildman–Crippen LogP) is 2.58. The van der Waals surface area contributed by atoms with Crippen LogP contribution in [-0.2, 0) is 26.4 Å². The first-order valence-electron chi connectivity index (χ1n) is 9.42. The lowest BCUT2D eigenvalue weighted by Crippen LogP contribution is -2.61. The van der Waals surface area contributed by atoms with Crippen LogP contribution in [0.2, 0.25) is 0 Å². The fourth-order valence-corrected chi connectivity index (χ4v) is 4.03. The van der Waals surface area contributed by atoms with Gasteiger partial charge in [0.2, 0.25) is 0 Å². The number of carbonyl (C=O) groups excluding carboxylic acids is 3. The van der Waals surface area contributed by atoms with E-state index in [1.807, 2.05) is 42.5 Å². The largest absolute Gasteiger partial charge is 0.462 e. The van der Waals surface area contributed by atoms with Crippen molar-refractivity contribution in [2.45, 2.75) is 25.9 Å². The number of ether oxygens (including phenoxy) is 1. The molecule has 7 nitrogen and oxygen atoms in total. The van der Waals surface area contributed by atoms with E-state index in [-0.39, 0.29) is 18.1 Å². The molecule has 0 saturated carbocycles. The lowest BCUT2D eigenvalue weighted by Gasteiger charge is -2.36. The maximum Gasteiger partial charge on any atom is 0.339 e. The molecule has 2 N–H and O–H groups in total. The molecule has 0 aliphatic carbocycles. The standard InChI is InChI=1S/C22H21N3O4/c1-3-29-19(26)18-14(2)23-21(28)24-22(18)16-11-7-8-12-17(16)25(20(22)27)13-15-9-5-4-6-10-15/h4-12H,3,13H2,1-2H3,(H2,23,24,28)/t22-/m0/s1. The molecule has 7 heteroatoms. The average molecular weight is 391 g/mol. The molecule has 3 amide bonds. The van der Waals surface area contributed by atoms with Gasteiger partial charge in [-0.15, -0.1) is 0 Å². The Morgan fingerprint density at radius 3 is 2.48 bits per heavy atom. The lowest BCUT2D eigenvalue weighted by atomic mass is 9.81. The summed E-state index contributed by atoms with van der Waals surface area (Å²) in [7, 11) is 0. The predicted molar refractivity (Wildman–Crippen MR) is 107 cm³/mol. The summed E-state index contributed by atoms with van der Waals surface area (Å²) in [5.41, 5.74) is 0.927. The van der Waals surface area contributed by atoms with Crippen molar-refractivity contribution in [2.24, 2.45) is 0 Å². The van der Waals surface area contributed by atoms with E-state index in [0.717, 1.165) is 5.56 Å². The summed E-state index contributed by atoms with van der Waals surface area (Å²) >= 11 is 0. The summed E-state index contributed by atoms with van der Waals surface area (Å²) in [6.07, 6.45) is 0. The summed E-state index contributed by atoms with van der Waals surface area (Å²) in [6.45, 7) is 3.77. The van der Waals surface area contributed by atoms with E-state index >= 15 is 0 Å². The van der Waals surface area contributed by atoms with Crippen molar-refractivity contribution >= 4 is 23.6 Å². The van der Waals surface area contributed by atoms with Crippen molar-refractivity contribution in [3.05, 3.63) is 77.0 Å². The fraction of sp³-hybridized carbons (Fsp3) is 0.227. The van der Waals surface area contributed by atoms with Crippen molar-refractivity contribution in [3.8, 4) is 0 Å². The maximum atomic E-state index is 13.8. The highest BCUT2D eigenvalue weighted by atomic mass is 16.5. The molecule has 148 valence electrons. The van der Waals surface area contributed by atoms with Crippen LogP contribution in [0, 0.1) is 0 Å². The van der Waals surface area contributed by atoms with Crippen LogP contribution in [0.5, 0.6) is 0 Å². The van der Waals surface area contributed by atoms with E-state index in [1.165, 1.54) is 0 Å². The topological polar surface area (TPSA) is 87.7 Å². The second-order valence-corrected chi connectivity index (χ2v) is 6.94. The molecule has 0 saturated heterocycles. The highest BCUT2D eigenvalue weighted by Gasteiger charge is 2.59. The molecule has 2 aliphatic heterocycles. The number of nitrogens with zero attached hydrogens (tertiary/aromatic N) is 1. The normalized spacial score (nSPS) is 20.4. The Balaban J connectivity index is 1.90. The minimum absolute atomic E-state index is 0.104. The Labute approximate surface area is 168 Å². The van der Waals surface area contributed by atoms with Gasteiger partial charge in [-0.25, -0.2) is 9.59 Å². The number of allylic oxidation sites excluding steroid dienone is 1. The van der Waals surface area contributed by atoms with Crippen LogP contribution in [0.4, 0.5) is 10.5 Å². The second-order valence-electron chi connectivity index (χ2n) is 6.94. The smallest absolute Gasteiger partial charge is 0.339 e. The zero-order valence-electron chi connectivity index (χ0n) is 16.2. The third-order valence-electron chi connectivity index (χ3n) is 5.18. The second kappa shape index (κ2) is 7.09. The Morgan fingerprint density at radius 1 is 1.07 bits per heavy atom. The number of carbonyl (C=O) groups is 3. The number of anilines is 1. The number of urea groups is 1. The van der Waals surface area contributed by atoms with Crippen molar-refractivity contribution < 1.29 is 19.1 Å². The fourth-order valence-electron chi connectivity index (χ4n) is 4.03. The molecule has 29 heavy (non-hydrogen) atoms. The minimum Gasteiger partial charge on any atom is -0.462 e. The van der Waals surface area contributed by atoms with Crippen molar-refractivity contribution in [1.29, 1.82) is 0 Å². The van der Waals surface area contributed by atoms with Gasteiger partial charge in [0.25, 0.3) is 5.91 Å². The van der Waals surface area contributed by atoms with Gasteiger partial charge in [-0.05, 0) is 25.5 Å². The van der Waals surface area contributed by atoms with Crippen molar-refractivity contribution in [3.63, 3.8) is 0 Å². The molecule has 4 rings (SSSR count). The first kappa shape index (κ1) is 18.7. The number of rotatable bonds is 4. The zero-order valence-corrected chi connectivity index (χ0v) is 16.2. The Hall–Kier alpha value is -3.61. The Bertz CT molecular complexity index is 1030. The van der Waals surface area contributed by atoms with E-state index in [2.05, 4.69) is 10.6 Å². The quantitative estimate of drug-likeness (QED) is 0.785. The molecule has 2 aliphatic rings.